The van der Waals surface area contributed by atoms with Crippen molar-refractivity contribution >= 4 is 17.5 Å². The Bertz CT molecular complexity index is 1210. The summed E-state index contributed by atoms with van der Waals surface area (Å²) in [6.45, 7) is 5.97. The molecule has 0 spiro atoms. The van der Waals surface area contributed by atoms with Gasteiger partial charge >= 0.3 is 0 Å². The first kappa shape index (κ1) is 23.2. The normalized spacial score (nSPS) is 25.7. The number of nitrogens with one attached hydrogen (secondary N) is 1. The van der Waals surface area contributed by atoms with Crippen LogP contribution in [0.25, 0.3) is 0 Å². The molecule has 194 valence electrons. The third-order valence-corrected chi connectivity index (χ3v) is 8.64. The number of carbonyl (C=O) groups excluding carboxylic acids is 2. The predicted octanol–water partition coefficient (Wildman–Crippen LogP) is 3.22. The van der Waals surface area contributed by atoms with Crippen molar-refractivity contribution in [2.24, 2.45) is 11.8 Å². The van der Waals surface area contributed by atoms with Crippen molar-refractivity contribution in [1.29, 1.82) is 0 Å². The Morgan fingerprint density at radius 1 is 1.05 bits per heavy atom. The minimum atomic E-state index is 0.0774. The summed E-state index contributed by atoms with van der Waals surface area (Å²) in [4.78, 5) is 34.3. The summed E-state index contributed by atoms with van der Waals surface area (Å²) in [6.07, 6.45) is 6.42. The first-order valence-electron chi connectivity index (χ1n) is 13.8. The second-order valence-corrected chi connectivity index (χ2v) is 11.5. The molecule has 5 heterocycles. The number of hydrogen-bond donors (Lipinski definition) is 1. The summed E-state index contributed by atoms with van der Waals surface area (Å²) >= 11 is 0. The largest absolute Gasteiger partial charge is 0.474 e. The van der Waals surface area contributed by atoms with E-state index in [0.717, 1.165) is 88.4 Å². The van der Waals surface area contributed by atoms with Crippen molar-refractivity contribution < 1.29 is 19.1 Å². The molecule has 1 aromatic heterocycles. The Labute approximate surface area is 217 Å². The zero-order valence-electron chi connectivity index (χ0n) is 21.2. The molecule has 5 aliphatic rings. The van der Waals surface area contributed by atoms with Crippen LogP contribution in [0.4, 0.5) is 5.69 Å². The lowest BCUT2D eigenvalue weighted by molar-refractivity contribution is -0.115. The average Bonchev–Trinajstić information content (AvgIpc) is 3.42. The highest BCUT2D eigenvalue weighted by Gasteiger charge is 2.42. The number of aromatic nitrogens is 1. The molecule has 2 aromatic rings. The second-order valence-electron chi connectivity index (χ2n) is 11.5. The molecule has 8 nitrogen and oxygen atoms in total. The van der Waals surface area contributed by atoms with Gasteiger partial charge in [0.05, 0.1) is 25.2 Å². The number of pyridine rings is 1. The first-order chi connectivity index (χ1) is 18.1. The fourth-order valence-electron chi connectivity index (χ4n) is 6.51. The second kappa shape index (κ2) is 9.40. The van der Waals surface area contributed by atoms with E-state index in [0.29, 0.717) is 35.6 Å². The van der Waals surface area contributed by atoms with Gasteiger partial charge in [-0.15, -0.1) is 0 Å². The number of fused-ring (bicyclic) bond motifs is 2. The zero-order valence-corrected chi connectivity index (χ0v) is 21.2. The maximum Gasteiger partial charge on any atom is 0.255 e. The summed E-state index contributed by atoms with van der Waals surface area (Å²) in [7, 11) is 0. The van der Waals surface area contributed by atoms with E-state index in [9.17, 15) is 9.59 Å². The van der Waals surface area contributed by atoms with Crippen LogP contribution in [0.2, 0.25) is 0 Å². The molecule has 7 rings (SSSR count). The van der Waals surface area contributed by atoms with Gasteiger partial charge in [-0.25, -0.2) is 4.98 Å². The molecular weight excluding hydrogens is 468 g/mol. The molecule has 1 N–H and O–H groups in total. The Morgan fingerprint density at radius 3 is 2.59 bits per heavy atom. The lowest BCUT2D eigenvalue weighted by Crippen LogP contribution is -2.33. The highest BCUT2D eigenvalue weighted by atomic mass is 16.5. The molecule has 1 saturated carbocycles. The van der Waals surface area contributed by atoms with Gasteiger partial charge in [0.1, 0.15) is 6.10 Å². The van der Waals surface area contributed by atoms with E-state index in [1.165, 1.54) is 5.56 Å². The lowest BCUT2D eigenvalue weighted by Gasteiger charge is -2.24. The number of benzene rings is 1. The molecule has 4 fully saturated rings. The van der Waals surface area contributed by atoms with Gasteiger partial charge in [-0.3, -0.25) is 14.5 Å². The molecule has 0 unspecified atom stereocenters. The van der Waals surface area contributed by atoms with Crippen molar-refractivity contribution in [1.82, 2.24) is 14.8 Å². The SMILES string of the molecule is O=C1Cc2ccc(CN3C[C@H]4CN(C(=O)c5cnc(OC6CCOCC6)c(C6CC6)c5)C[C@@H]4C3)cc2N1. The number of carbonyl (C=O) groups is 2. The summed E-state index contributed by atoms with van der Waals surface area (Å²) in [6, 6.07) is 8.38. The number of rotatable bonds is 6. The Hall–Kier alpha value is -2.97. The summed E-state index contributed by atoms with van der Waals surface area (Å²) in [5.41, 5.74) is 5.08. The quantitative estimate of drug-likeness (QED) is 0.653. The summed E-state index contributed by atoms with van der Waals surface area (Å²) in [5.74, 6) is 2.37. The smallest absolute Gasteiger partial charge is 0.255 e. The zero-order chi connectivity index (χ0) is 24.9. The molecule has 1 aromatic carbocycles. The fourth-order valence-corrected chi connectivity index (χ4v) is 6.51. The van der Waals surface area contributed by atoms with Crippen LogP contribution in [0.3, 0.4) is 0 Å². The van der Waals surface area contributed by atoms with Crippen LogP contribution in [0.15, 0.2) is 30.5 Å². The van der Waals surface area contributed by atoms with Gasteiger partial charge in [0, 0.05) is 63.0 Å². The average molecular weight is 503 g/mol. The number of hydrogen-bond acceptors (Lipinski definition) is 6. The highest BCUT2D eigenvalue weighted by Crippen LogP contribution is 2.44. The number of anilines is 1. The summed E-state index contributed by atoms with van der Waals surface area (Å²) < 4.78 is 11.7. The van der Waals surface area contributed by atoms with Gasteiger partial charge in [-0.05, 0) is 53.9 Å². The van der Waals surface area contributed by atoms with Crippen molar-refractivity contribution in [3.8, 4) is 5.88 Å². The van der Waals surface area contributed by atoms with Crippen LogP contribution in [0.5, 0.6) is 5.88 Å². The molecule has 0 bridgehead atoms. The van der Waals surface area contributed by atoms with Crippen LogP contribution in [-0.2, 0) is 22.5 Å². The van der Waals surface area contributed by atoms with Crippen LogP contribution >= 0.6 is 0 Å². The van der Waals surface area contributed by atoms with E-state index >= 15 is 0 Å². The highest BCUT2D eigenvalue weighted by molar-refractivity contribution is 5.99. The minimum Gasteiger partial charge on any atom is -0.474 e. The molecular formula is C29H34N4O4. The van der Waals surface area contributed by atoms with Crippen molar-refractivity contribution in [2.45, 2.75) is 50.7 Å². The Morgan fingerprint density at radius 2 is 1.84 bits per heavy atom. The van der Waals surface area contributed by atoms with Gasteiger partial charge in [0.15, 0.2) is 0 Å². The maximum absolute atomic E-state index is 13.5. The molecule has 2 amide bonds. The van der Waals surface area contributed by atoms with Crippen LogP contribution in [0.1, 0.15) is 58.6 Å². The first-order valence-corrected chi connectivity index (χ1v) is 13.8. The Kier molecular flexibility index (Phi) is 5.89. The van der Waals surface area contributed by atoms with E-state index in [2.05, 4.69) is 39.5 Å². The van der Waals surface area contributed by atoms with Gasteiger partial charge in [0.25, 0.3) is 5.91 Å². The molecule has 8 heteroatoms. The number of amides is 2. The molecule has 2 atom stereocenters. The maximum atomic E-state index is 13.5. The van der Waals surface area contributed by atoms with Crippen LogP contribution < -0.4 is 10.1 Å². The Balaban J connectivity index is 0.978. The van der Waals surface area contributed by atoms with Gasteiger partial charge in [-0.1, -0.05) is 12.1 Å². The van der Waals surface area contributed by atoms with Crippen molar-refractivity contribution in [3.05, 3.63) is 52.7 Å². The van der Waals surface area contributed by atoms with Crippen LogP contribution in [0, 0.1) is 11.8 Å². The molecule has 1 aliphatic carbocycles. The fraction of sp³-hybridized carbons (Fsp3) is 0.552. The molecule has 3 saturated heterocycles. The third kappa shape index (κ3) is 4.73. The van der Waals surface area contributed by atoms with Crippen molar-refractivity contribution in [2.75, 3.05) is 44.7 Å². The standard InChI is InChI=1S/C29H34N4O4/c34-27-11-20-2-1-18(9-26(20)31-27)13-32-14-22-16-33(17-23(22)15-32)29(35)21-10-25(19-3-4-19)28(30-12-21)37-24-5-7-36-8-6-24/h1-2,9-10,12,19,22-24H,3-8,11,13-17H2,(H,31,34)/t22-,23-/m0/s1. The minimum absolute atomic E-state index is 0.0774. The van der Waals surface area contributed by atoms with Crippen LogP contribution in [-0.4, -0.2) is 72.1 Å². The third-order valence-electron chi connectivity index (χ3n) is 8.64. The van der Waals surface area contributed by atoms with E-state index < -0.39 is 0 Å². The van der Waals surface area contributed by atoms with E-state index in [-0.39, 0.29) is 17.9 Å². The predicted molar refractivity (Wildman–Crippen MR) is 138 cm³/mol. The molecule has 37 heavy (non-hydrogen) atoms. The number of ether oxygens (including phenoxy) is 2. The van der Waals surface area contributed by atoms with Gasteiger partial charge in [0.2, 0.25) is 11.8 Å². The number of likely N-dealkylation sites (tertiary alicyclic amines) is 2. The lowest BCUT2D eigenvalue weighted by atomic mass is 10.0. The van der Waals surface area contributed by atoms with Gasteiger partial charge in [-0.2, -0.15) is 0 Å². The van der Waals surface area contributed by atoms with Crippen molar-refractivity contribution in [3.63, 3.8) is 0 Å². The monoisotopic (exact) mass is 502 g/mol. The van der Waals surface area contributed by atoms with E-state index in [1.54, 1.807) is 6.20 Å². The van der Waals surface area contributed by atoms with Gasteiger partial charge < -0.3 is 19.7 Å². The topological polar surface area (TPSA) is 84.0 Å². The van der Waals surface area contributed by atoms with E-state index in [4.69, 9.17) is 9.47 Å². The number of nitrogens with zero attached hydrogens (tertiary/aromatic N) is 3. The molecule has 4 aliphatic heterocycles. The summed E-state index contributed by atoms with van der Waals surface area (Å²) in [5, 5.41) is 2.96. The van der Waals surface area contributed by atoms with E-state index in [1.807, 2.05) is 4.90 Å². The molecule has 0 radical (unpaired) electrons.